The molecule has 106 valence electrons. The van der Waals surface area contributed by atoms with Crippen LogP contribution >= 0.6 is 0 Å². The highest BCUT2D eigenvalue weighted by Crippen LogP contribution is 2.40. The van der Waals surface area contributed by atoms with E-state index in [1.165, 1.54) is 0 Å². The Morgan fingerprint density at radius 1 is 1.53 bits per heavy atom. The van der Waals surface area contributed by atoms with Crippen LogP contribution in [0.3, 0.4) is 0 Å². The van der Waals surface area contributed by atoms with E-state index >= 15 is 0 Å². The number of rotatable bonds is 2. The van der Waals surface area contributed by atoms with Gasteiger partial charge < -0.3 is 15.2 Å². The van der Waals surface area contributed by atoms with Gasteiger partial charge in [-0.05, 0) is 31.7 Å². The van der Waals surface area contributed by atoms with E-state index < -0.39 is 0 Å². The SMILES string of the molecule is Cc1cc(C(N)C2CCOC3(CCOC3)C2)n(C)n1. The summed E-state index contributed by atoms with van der Waals surface area (Å²) < 4.78 is 13.4. The smallest absolute Gasteiger partial charge is 0.0940 e. The number of nitrogens with zero attached hydrogens (tertiary/aromatic N) is 2. The topological polar surface area (TPSA) is 62.3 Å². The maximum Gasteiger partial charge on any atom is 0.0940 e. The molecule has 0 bridgehead atoms. The minimum absolute atomic E-state index is 0.0348. The van der Waals surface area contributed by atoms with Crippen molar-refractivity contribution in [1.29, 1.82) is 0 Å². The summed E-state index contributed by atoms with van der Waals surface area (Å²) in [6.07, 6.45) is 3.02. The zero-order valence-corrected chi connectivity index (χ0v) is 11.8. The molecule has 0 aliphatic carbocycles. The molecular formula is C14H23N3O2. The first kappa shape index (κ1) is 13.1. The van der Waals surface area contributed by atoms with Crippen molar-refractivity contribution in [2.45, 2.75) is 37.8 Å². The lowest BCUT2D eigenvalue weighted by Gasteiger charge is -2.39. The van der Waals surface area contributed by atoms with Gasteiger partial charge in [0, 0.05) is 32.7 Å². The van der Waals surface area contributed by atoms with Gasteiger partial charge >= 0.3 is 0 Å². The monoisotopic (exact) mass is 265 g/mol. The summed E-state index contributed by atoms with van der Waals surface area (Å²) in [5.41, 5.74) is 8.55. The molecule has 0 aromatic carbocycles. The van der Waals surface area contributed by atoms with Crippen LogP contribution in [0.1, 0.15) is 36.7 Å². The summed E-state index contributed by atoms with van der Waals surface area (Å²) in [6, 6.07) is 2.13. The van der Waals surface area contributed by atoms with E-state index in [0.29, 0.717) is 5.92 Å². The predicted molar refractivity (Wildman–Crippen MR) is 71.7 cm³/mol. The van der Waals surface area contributed by atoms with E-state index in [1.54, 1.807) is 0 Å². The summed E-state index contributed by atoms with van der Waals surface area (Å²) in [4.78, 5) is 0. The molecule has 0 radical (unpaired) electrons. The first-order chi connectivity index (χ1) is 9.10. The molecule has 1 aromatic heterocycles. The van der Waals surface area contributed by atoms with Gasteiger partial charge in [0.05, 0.1) is 23.6 Å². The van der Waals surface area contributed by atoms with Gasteiger partial charge in [-0.3, -0.25) is 4.68 Å². The summed E-state index contributed by atoms with van der Waals surface area (Å²) >= 11 is 0. The van der Waals surface area contributed by atoms with Crippen molar-refractivity contribution in [1.82, 2.24) is 9.78 Å². The third kappa shape index (κ3) is 2.42. The van der Waals surface area contributed by atoms with Gasteiger partial charge in [0.25, 0.3) is 0 Å². The molecule has 3 heterocycles. The molecule has 3 rings (SSSR count). The van der Waals surface area contributed by atoms with Crippen molar-refractivity contribution in [3.8, 4) is 0 Å². The molecule has 5 nitrogen and oxygen atoms in total. The molecular weight excluding hydrogens is 242 g/mol. The second kappa shape index (κ2) is 4.89. The average molecular weight is 265 g/mol. The minimum Gasteiger partial charge on any atom is -0.378 e. The van der Waals surface area contributed by atoms with Gasteiger partial charge in [-0.25, -0.2) is 0 Å². The van der Waals surface area contributed by atoms with Gasteiger partial charge in [-0.1, -0.05) is 0 Å². The molecule has 3 unspecified atom stereocenters. The Kier molecular flexibility index (Phi) is 3.37. The normalized spacial score (nSPS) is 32.9. The van der Waals surface area contributed by atoms with Gasteiger partial charge in [0.15, 0.2) is 0 Å². The number of nitrogens with two attached hydrogens (primary N) is 1. The Balaban J connectivity index is 1.76. The van der Waals surface area contributed by atoms with Gasteiger partial charge in [-0.15, -0.1) is 0 Å². The van der Waals surface area contributed by atoms with Crippen LogP contribution in [-0.4, -0.2) is 35.2 Å². The van der Waals surface area contributed by atoms with Crippen LogP contribution < -0.4 is 5.73 Å². The molecule has 1 spiro atoms. The molecule has 3 atom stereocenters. The van der Waals surface area contributed by atoms with E-state index in [-0.39, 0.29) is 11.6 Å². The fourth-order valence-corrected chi connectivity index (χ4v) is 3.42. The molecule has 0 saturated carbocycles. The predicted octanol–water partition coefficient (Wildman–Crippen LogP) is 1.31. The number of aryl methyl sites for hydroxylation is 2. The van der Waals surface area contributed by atoms with Crippen molar-refractivity contribution < 1.29 is 9.47 Å². The molecule has 19 heavy (non-hydrogen) atoms. The molecule has 2 N–H and O–H groups in total. The summed E-state index contributed by atoms with van der Waals surface area (Å²) in [5.74, 6) is 0.449. The Morgan fingerprint density at radius 2 is 2.37 bits per heavy atom. The van der Waals surface area contributed by atoms with E-state index in [1.807, 2.05) is 18.7 Å². The van der Waals surface area contributed by atoms with E-state index in [9.17, 15) is 0 Å². The quantitative estimate of drug-likeness (QED) is 0.876. The van der Waals surface area contributed by atoms with Crippen LogP contribution in [0.4, 0.5) is 0 Å². The van der Waals surface area contributed by atoms with Crippen LogP contribution in [0.5, 0.6) is 0 Å². The lowest BCUT2D eigenvalue weighted by atomic mass is 9.80. The van der Waals surface area contributed by atoms with E-state index in [0.717, 1.165) is 50.5 Å². The third-order valence-corrected chi connectivity index (χ3v) is 4.49. The van der Waals surface area contributed by atoms with Crippen molar-refractivity contribution in [3.05, 3.63) is 17.5 Å². The fraction of sp³-hybridized carbons (Fsp3) is 0.786. The number of hydrogen-bond donors (Lipinski definition) is 1. The second-order valence-electron chi connectivity index (χ2n) is 5.95. The molecule has 2 aliphatic heterocycles. The summed E-state index contributed by atoms with van der Waals surface area (Å²) in [6.45, 7) is 4.33. The Morgan fingerprint density at radius 3 is 3.00 bits per heavy atom. The van der Waals surface area contributed by atoms with Crippen LogP contribution in [0.2, 0.25) is 0 Å². The molecule has 1 aromatic rings. The third-order valence-electron chi connectivity index (χ3n) is 4.49. The van der Waals surface area contributed by atoms with Crippen LogP contribution in [-0.2, 0) is 16.5 Å². The van der Waals surface area contributed by atoms with Gasteiger partial charge in [0.1, 0.15) is 0 Å². The first-order valence-corrected chi connectivity index (χ1v) is 7.07. The summed E-state index contributed by atoms with van der Waals surface area (Å²) in [5, 5.41) is 4.40. The maximum absolute atomic E-state index is 6.48. The standard InChI is InChI=1S/C14H23N3O2/c1-10-7-12(17(2)16-10)13(15)11-3-5-19-14(8-11)4-6-18-9-14/h7,11,13H,3-6,8-9,15H2,1-2H3. The highest BCUT2D eigenvalue weighted by molar-refractivity contribution is 5.14. The summed E-state index contributed by atoms with van der Waals surface area (Å²) in [7, 11) is 1.97. The molecule has 2 aliphatic rings. The maximum atomic E-state index is 6.48. The van der Waals surface area contributed by atoms with E-state index in [4.69, 9.17) is 15.2 Å². The average Bonchev–Trinajstić information content (AvgIpc) is 2.96. The molecule has 5 heteroatoms. The van der Waals surface area contributed by atoms with Crippen LogP contribution in [0, 0.1) is 12.8 Å². The highest BCUT2D eigenvalue weighted by atomic mass is 16.6. The van der Waals surface area contributed by atoms with Crippen molar-refractivity contribution >= 4 is 0 Å². The number of hydrogen-bond acceptors (Lipinski definition) is 4. The van der Waals surface area contributed by atoms with Crippen molar-refractivity contribution in [3.63, 3.8) is 0 Å². The Labute approximate surface area is 114 Å². The Bertz CT molecular complexity index is 452. The van der Waals surface area contributed by atoms with Crippen molar-refractivity contribution in [2.75, 3.05) is 19.8 Å². The zero-order chi connectivity index (χ0) is 13.5. The van der Waals surface area contributed by atoms with E-state index in [2.05, 4.69) is 11.2 Å². The zero-order valence-electron chi connectivity index (χ0n) is 11.8. The number of ether oxygens (including phenoxy) is 2. The lowest BCUT2D eigenvalue weighted by molar-refractivity contribution is -0.102. The largest absolute Gasteiger partial charge is 0.378 e. The van der Waals surface area contributed by atoms with Crippen LogP contribution in [0.15, 0.2) is 6.07 Å². The highest BCUT2D eigenvalue weighted by Gasteiger charge is 2.42. The molecule has 2 saturated heterocycles. The second-order valence-corrected chi connectivity index (χ2v) is 5.95. The molecule has 0 amide bonds. The van der Waals surface area contributed by atoms with Gasteiger partial charge in [-0.2, -0.15) is 5.10 Å². The van der Waals surface area contributed by atoms with Gasteiger partial charge in [0.2, 0.25) is 0 Å². The molecule has 2 fully saturated rings. The van der Waals surface area contributed by atoms with Crippen LogP contribution in [0.25, 0.3) is 0 Å². The lowest BCUT2D eigenvalue weighted by Crippen LogP contribution is -2.43. The first-order valence-electron chi connectivity index (χ1n) is 7.07. The minimum atomic E-state index is -0.0752. The number of aromatic nitrogens is 2. The van der Waals surface area contributed by atoms with Crippen molar-refractivity contribution in [2.24, 2.45) is 18.7 Å². The fourth-order valence-electron chi connectivity index (χ4n) is 3.42. The Hall–Kier alpha value is -0.910.